The molecule has 1 aromatic carbocycles. The third kappa shape index (κ3) is 3.79. The number of benzene rings is 1. The Labute approximate surface area is 146 Å². The fraction of sp³-hybridized carbons (Fsp3) is 0.316. The van der Waals surface area contributed by atoms with Gasteiger partial charge in [0.25, 0.3) is 0 Å². The molecule has 0 saturated heterocycles. The molecule has 2 aromatic heterocycles. The van der Waals surface area contributed by atoms with Gasteiger partial charge >= 0.3 is 5.97 Å². The van der Waals surface area contributed by atoms with Crippen LogP contribution in [0.1, 0.15) is 26.0 Å². The van der Waals surface area contributed by atoms with Crippen molar-refractivity contribution in [1.82, 2.24) is 15.0 Å². The van der Waals surface area contributed by atoms with Crippen molar-refractivity contribution < 1.29 is 9.90 Å². The van der Waals surface area contributed by atoms with Crippen molar-refractivity contribution in [3.63, 3.8) is 0 Å². The number of anilines is 1. The fourth-order valence-electron chi connectivity index (χ4n) is 2.83. The smallest absolute Gasteiger partial charge is 0.326 e. The van der Waals surface area contributed by atoms with Crippen LogP contribution in [0.3, 0.4) is 0 Å². The number of rotatable bonds is 6. The largest absolute Gasteiger partial charge is 0.480 e. The maximum atomic E-state index is 11.6. The van der Waals surface area contributed by atoms with Crippen LogP contribution in [0.4, 0.5) is 5.82 Å². The average molecular weight is 338 g/mol. The van der Waals surface area contributed by atoms with Crippen LogP contribution in [0.2, 0.25) is 0 Å². The summed E-state index contributed by atoms with van der Waals surface area (Å²) in [6.45, 7) is 5.95. The zero-order chi connectivity index (χ0) is 18.0. The molecule has 0 aliphatic carbocycles. The first-order chi connectivity index (χ1) is 11.9. The van der Waals surface area contributed by atoms with E-state index < -0.39 is 12.0 Å². The van der Waals surface area contributed by atoms with Gasteiger partial charge < -0.3 is 15.4 Å². The van der Waals surface area contributed by atoms with E-state index in [2.05, 4.69) is 20.3 Å². The number of nitrogens with one attached hydrogen (secondary N) is 2. The Morgan fingerprint density at radius 3 is 2.60 bits per heavy atom. The van der Waals surface area contributed by atoms with Crippen LogP contribution in [-0.2, 0) is 4.79 Å². The first-order valence-corrected chi connectivity index (χ1v) is 8.36. The van der Waals surface area contributed by atoms with Gasteiger partial charge in [-0.1, -0.05) is 44.2 Å². The molecule has 6 nitrogen and oxygen atoms in total. The molecule has 0 amide bonds. The van der Waals surface area contributed by atoms with Crippen molar-refractivity contribution in [2.45, 2.75) is 33.2 Å². The standard InChI is InChI=1S/C19H22N4O2/c1-11(2)9-15(19(24)25)21-18-14-10-12(3)20-17(14)22-16(23-18)13-7-5-4-6-8-13/h4-8,10-11,15H,9H2,1-3H3,(H,24,25)(H2,20,21,22,23). The topological polar surface area (TPSA) is 90.9 Å². The van der Waals surface area contributed by atoms with Gasteiger partial charge in [0, 0.05) is 11.3 Å². The van der Waals surface area contributed by atoms with Crippen LogP contribution in [-0.4, -0.2) is 32.1 Å². The van der Waals surface area contributed by atoms with Gasteiger partial charge in [-0.05, 0) is 25.3 Å². The Morgan fingerprint density at radius 2 is 1.96 bits per heavy atom. The minimum Gasteiger partial charge on any atom is -0.480 e. The summed E-state index contributed by atoms with van der Waals surface area (Å²) in [6, 6.07) is 10.9. The van der Waals surface area contributed by atoms with Gasteiger partial charge in [0.1, 0.15) is 17.5 Å². The van der Waals surface area contributed by atoms with E-state index in [1.807, 2.05) is 57.2 Å². The summed E-state index contributed by atoms with van der Waals surface area (Å²) in [7, 11) is 0. The highest BCUT2D eigenvalue weighted by Crippen LogP contribution is 2.26. The van der Waals surface area contributed by atoms with E-state index in [1.54, 1.807) is 0 Å². The molecule has 2 heterocycles. The molecule has 25 heavy (non-hydrogen) atoms. The van der Waals surface area contributed by atoms with Crippen LogP contribution >= 0.6 is 0 Å². The lowest BCUT2D eigenvalue weighted by atomic mass is 10.0. The molecule has 0 spiro atoms. The summed E-state index contributed by atoms with van der Waals surface area (Å²) in [6.07, 6.45) is 0.519. The van der Waals surface area contributed by atoms with Crippen molar-refractivity contribution in [1.29, 1.82) is 0 Å². The Morgan fingerprint density at radius 1 is 1.24 bits per heavy atom. The van der Waals surface area contributed by atoms with Crippen molar-refractivity contribution >= 4 is 22.8 Å². The molecule has 1 unspecified atom stereocenters. The molecule has 0 aliphatic heterocycles. The molecule has 3 rings (SSSR count). The number of hydrogen-bond donors (Lipinski definition) is 3. The number of H-pyrrole nitrogens is 1. The first-order valence-electron chi connectivity index (χ1n) is 8.36. The third-order valence-corrected chi connectivity index (χ3v) is 3.97. The SMILES string of the molecule is Cc1cc2c(NC(CC(C)C)C(=O)O)nc(-c3ccccc3)nc2[nH]1. The second-order valence-corrected chi connectivity index (χ2v) is 6.64. The van der Waals surface area contributed by atoms with E-state index in [1.165, 1.54) is 0 Å². The Hall–Kier alpha value is -2.89. The number of hydrogen-bond acceptors (Lipinski definition) is 4. The number of aromatic amines is 1. The second-order valence-electron chi connectivity index (χ2n) is 6.64. The quantitative estimate of drug-likeness (QED) is 0.635. The van der Waals surface area contributed by atoms with Crippen LogP contribution in [0.5, 0.6) is 0 Å². The molecule has 0 radical (unpaired) electrons. The van der Waals surface area contributed by atoms with Crippen molar-refractivity contribution in [3.05, 3.63) is 42.1 Å². The number of nitrogens with zero attached hydrogens (tertiary/aromatic N) is 2. The lowest BCUT2D eigenvalue weighted by Crippen LogP contribution is -2.31. The fourth-order valence-corrected chi connectivity index (χ4v) is 2.83. The minimum absolute atomic E-state index is 0.257. The second kappa shape index (κ2) is 6.93. The summed E-state index contributed by atoms with van der Waals surface area (Å²) in [5, 5.41) is 13.4. The molecule has 3 N–H and O–H groups in total. The van der Waals surface area contributed by atoms with Crippen LogP contribution in [0.15, 0.2) is 36.4 Å². The van der Waals surface area contributed by atoms with Crippen LogP contribution in [0.25, 0.3) is 22.4 Å². The molecular weight excluding hydrogens is 316 g/mol. The number of carboxylic acids is 1. The molecule has 130 valence electrons. The van der Waals surface area contributed by atoms with Crippen molar-refractivity contribution in [3.8, 4) is 11.4 Å². The van der Waals surface area contributed by atoms with E-state index in [9.17, 15) is 9.90 Å². The zero-order valence-corrected chi connectivity index (χ0v) is 14.6. The Bertz CT molecular complexity index is 887. The predicted octanol–water partition coefficient (Wildman–Crippen LogP) is 3.84. The molecule has 1 atom stereocenters. The lowest BCUT2D eigenvalue weighted by Gasteiger charge is -2.18. The summed E-state index contributed by atoms with van der Waals surface area (Å²) in [4.78, 5) is 24.0. The summed E-state index contributed by atoms with van der Waals surface area (Å²) < 4.78 is 0. The Balaban J connectivity index is 2.07. The number of aryl methyl sites for hydroxylation is 1. The third-order valence-electron chi connectivity index (χ3n) is 3.97. The zero-order valence-electron chi connectivity index (χ0n) is 14.6. The molecule has 0 aliphatic rings. The molecule has 3 aromatic rings. The number of aliphatic carboxylic acids is 1. The van der Waals surface area contributed by atoms with Crippen molar-refractivity contribution in [2.24, 2.45) is 5.92 Å². The summed E-state index contributed by atoms with van der Waals surface area (Å²) in [5.74, 6) is 0.480. The van der Waals surface area contributed by atoms with Gasteiger partial charge in [-0.25, -0.2) is 14.8 Å². The van der Waals surface area contributed by atoms with Gasteiger partial charge in [0.2, 0.25) is 0 Å². The van der Waals surface area contributed by atoms with E-state index in [-0.39, 0.29) is 5.92 Å². The van der Waals surface area contributed by atoms with Gasteiger partial charge in [-0.3, -0.25) is 0 Å². The van der Waals surface area contributed by atoms with Gasteiger partial charge in [0.05, 0.1) is 5.39 Å². The number of carbonyl (C=O) groups is 1. The normalized spacial score (nSPS) is 12.5. The Kier molecular flexibility index (Phi) is 4.70. The molecule has 0 fully saturated rings. The van der Waals surface area contributed by atoms with Crippen LogP contribution < -0.4 is 5.32 Å². The maximum Gasteiger partial charge on any atom is 0.326 e. The van der Waals surface area contributed by atoms with Crippen molar-refractivity contribution in [2.75, 3.05) is 5.32 Å². The minimum atomic E-state index is -0.881. The number of aromatic nitrogens is 3. The first kappa shape index (κ1) is 17.0. The van der Waals surface area contributed by atoms with Gasteiger partial charge in [-0.15, -0.1) is 0 Å². The van der Waals surface area contributed by atoms with E-state index in [0.29, 0.717) is 23.7 Å². The van der Waals surface area contributed by atoms with Gasteiger partial charge in [-0.2, -0.15) is 0 Å². The highest BCUT2D eigenvalue weighted by Gasteiger charge is 2.21. The molecule has 0 saturated carbocycles. The molecular formula is C19H22N4O2. The number of carboxylic acid groups (broad SMARTS) is 1. The predicted molar refractivity (Wildman–Crippen MR) is 98.6 cm³/mol. The van der Waals surface area contributed by atoms with E-state index in [4.69, 9.17) is 0 Å². The summed E-state index contributed by atoms with van der Waals surface area (Å²) in [5.41, 5.74) is 2.53. The monoisotopic (exact) mass is 338 g/mol. The average Bonchev–Trinajstić information content (AvgIpc) is 2.95. The highest BCUT2D eigenvalue weighted by molar-refractivity contribution is 5.91. The van der Waals surface area contributed by atoms with Crippen LogP contribution in [0, 0.1) is 12.8 Å². The van der Waals surface area contributed by atoms with Gasteiger partial charge in [0.15, 0.2) is 5.82 Å². The lowest BCUT2D eigenvalue weighted by molar-refractivity contribution is -0.138. The maximum absolute atomic E-state index is 11.6. The highest BCUT2D eigenvalue weighted by atomic mass is 16.4. The summed E-state index contributed by atoms with van der Waals surface area (Å²) >= 11 is 0. The molecule has 6 heteroatoms. The number of fused-ring (bicyclic) bond motifs is 1. The molecule has 0 bridgehead atoms. The van der Waals surface area contributed by atoms with E-state index in [0.717, 1.165) is 16.6 Å². The van der Waals surface area contributed by atoms with E-state index >= 15 is 0 Å².